The van der Waals surface area contributed by atoms with Crippen LogP contribution in [0.15, 0.2) is 36.7 Å². The molecule has 1 aliphatic rings. The summed E-state index contributed by atoms with van der Waals surface area (Å²) in [6, 6.07) is 7.59. The first-order valence-electron chi connectivity index (χ1n) is 9.89. The second-order valence-corrected chi connectivity index (χ2v) is 7.18. The summed E-state index contributed by atoms with van der Waals surface area (Å²) in [5.74, 6) is -0.319. The Morgan fingerprint density at radius 2 is 2.18 bits per heavy atom. The van der Waals surface area contributed by atoms with Crippen LogP contribution in [0, 0.1) is 0 Å². The van der Waals surface area contributed by atoms with E-state index in [0.717, 1.165) is 43.5 Å². The minimum absolute atomic E-state index is 0.0350. The van der Waals surface area contributed by atoms with E-state index >= 15 is 0 Å². The van der Waals surface area contributed by atoms with Gasteiger partial charge in [0.15, 0.2) is 0 Å². The summed E-state index contributed by atoms with van der Waals surface area (Å²) in [7, 11) is 0. The summed E-state index contributed by atoms with van der Waals surface area (Å²) >= 11 is 0. The third-order valence-corrected chi connectivity index (χ3v) is 4.89. The van der Waals surface area contributed by atoms with Gasteiger partial charge in [0.1, 0.15) is 0 Å². The van der Waals surface area contributed by atoms with Crippen molar-refractivity contribution in [2.75, 3.05) is 19.7 Å². The monoisotopic (exact) mass is 384 g/mol. The molecular weight excluding hydrogens is 356 g/mol. The van der Waals surface area contributed by atoms with Gasteiger partial charge in [-0.25, -0.2) is 0 Å². The first kappa shape index (κ1) is 20.1. The Morgan fingerprint density at radius 1 is 1.32 bits per heavy atom. The maximum Gasteiger partial charge on any atom is 0.253 e. The van der Waals surface area contributed by atoms with Gasteiger partial charge in [-0.05, 0) is 37.0 Å². The normalized spacial score (nSPS) is 16.9. The van der Waals surface area contributed by atoms with Crippen molar-refractivity contribution in [3.63, 3.8) is 0 Å². The van der Waals surface area contributed by atoms with Gasteiger partial charge in [-0.2, -0.15) is 5.10 Å². The quantitative estimate of drug-likeness (QED) is 0.757. The summed E-state index contributed by atoms with van der Waals surface area (Å²) in [5.41, 5.74) is 7.68. The molecule has 28 heavy (non-hydrogen) atoms. The number of nitrogens with two attached hydrogens (primary N) is 1. The Labute approximate surface area is 165 Å². The molecule has 1 fully saturated rings. The number of ether oxygens (including phenoxy) is 1. The van der Waals surface area contributed by atoms with Crippen LogP contribution in [0.25, 0.3) is 11.1 Å². The van der Waals surface area contributed by atoms with Crippen molar-refractivity contribution in [3.05, 3.63) is 42.2 Å². The van der Waals surface area contributed by atoms with Gasteiger partial charge in [-0.1, -0.05) is 19.1 Å². The molecule has 1 aromatic heterocycles. The Hall–Kier alpha value is -2.67. The molecule has 1 aliphatic heterocycles. The predicted octanol–water partition coefficient (Wildman–Crippen LogP) is 2.46. The Kier molecular flexibility index (Phi) is 6.81. The van der Waals surface area contributed by atoms with Gasteiger partial charge in [-0.3, -0.25) is 14.3 Å². The van der Waals surface area contributed by atoms with Crippen LogP contribution in [0.3, 0.4) is 0 Å². The number of hydrogen-bond donors (Lipinski definition) is 1. The molecule has 1 unspecified atom stereocenters. The molecule has 2 N–H and O–H groups in total. The lowest BCUT2D eigenvalue weighted by Crippen LogP contribution is -2.43. The van der Waals surface area contributed by atoms with E-state index in [-0.39, 0.29) is 24.3 Å². The zero-order chi connectivity index (χ0) is 19.9. The van der Waals surface area contributed by atoms with E-state index < -0.39 is 0 Å². The third kappa shape index (κ3) is 5.19. The number of primary amides is 1. The fourth-order valence-electron chi connectivity index (χ4n) is 3.42. The zero-order valence-electron chi connectivity index (χ0n) is 16.3. The Bertz CT molecular complexity index is 817. The second-order valence-electron chi connectivity index (χ2n) is 7.18. The molecule has 0 aliphatic carbocycles. The largest absolute Gasteiger partial charge is 0.376 e. The van der Waals surface area contributed by atoms with E-state index in [4.69, 9.17) is 10.5 Å². The fraction of sp³-hybridized carbons (Fsp3) is 0.476. The highest BCUT2D eigenvalue weighted by molar-refractivity contribution is 5.95. The molecule has 0 bridgehead atoms. The minimum atomic E-state index is -0.354. The highest BCUT2D eigenvalue weighted by Crippen LogP contribution is 2.22. The number of carbonyl (C=O) groups excluding carboxylic acids is 2. The number of aromatic nitrogens is 2. The van der Waals surface area contributed by atoms with Gasteiger partial charge < -0.3 is 15.4 Å². The van der Waals surface area contributed by atoms with E-state index in [1.54, 1.807) is 10.9 Å². The van der Waals surface area contributed by atoms with Crippen LogP contribution >= 0.6 is 0 Å². The van der Waals surface area contributed by atoms with Gasteiger partial charge in [-0.15, -0.1) is 0 Å². The minimum Gasteiger partial charge on any atom is -0.376 e. The molecular formula is C21H28N4O3. The van der Waals surface area contributed by atoms with Crippen LogP contribution in [0.1, 0.15) is 43.0 Å². The van der Waals surface area contributed by atoms with Gasteiger partial charge in [0.25, 0.3) is 5.91 Å². The van der Waals surface area contributed by atoms with Crippen molar-refractivity contribution in [1.29, 1.82) is 0 Å². The van der Waals surface area contributed by atoms with Crippen LogP contribution in [0.2, 0.25) is 0 Å². The fourth-order valence-corrected chi connectivity index (χ4v) is 3.42. The molecule has 1 aromatic carbocycles. The molecule has 0 saturated carbocycles. The van der Waals surface area contributed by atoms with Gasteiger partial charge >= 0.3 is 0 Å². The van der Waals surface area contributed by atoms with Crippen molar-refractivity contribution in [2.24, 2.45) is 5.73 Å². The van der Waals surface area contributed by atoms with E-state index in [1.807, 2.05) is 35.4 Å². The number of carbonyl (C=O) groups is 2. The maximum atomic E-state index is 13.0. The average molecular weight is 384 g/mol. The van der Waals surface area contributed by atoms with Crippen molar-refractivity contribution in [3.8, 4) is 11.1 Å². The topological polar surface area (TPSA) is 90.4 Å². The van der Waals surface area contributed by atoms with Crippen molar-refractivity contribution in [1.82, 2.24) is 14.7 Å². The van der Waals surface area contributed by atoms with Crippen molar-refractivity contribution < 1.29 is 14.3 Å². The smallest absolute Gasteiger partial charge is 0.253 e. The first-order valence-corrected chi connectivity index (χ1v) is 9.89. The number of rotatable bonds is 8. The molecule has 0 radical (unpaired) electrons. The van der Waals surface area contributed by atoms with Crippen molar-refractivity contribution in [2.45, 2.75) is 45.3 Å². The molecule has 2 aromatic rings. The number of benzene rings is 1. The molecule has 2 amide bonds. The predicted molar refractivity (Wildman–Crippen MR) is 107 cm³/mol. The lowest BCUT2D eigenvalue weighted by molar-refractivity contribution is -0.118. The molecule has 3 rings (SSSR count). The van der Waals surface area contributed by atoms with E-state index in [9.17, 15) is 9.59 Å². The first-order chi connectivity index (χ1) is 13.6. The van der Waals surface area contributed by atoms with E-state index in [2.05, 4.69) is 12.0 Å². The molecule has 2 heterocycles. The second kappa shape index (κ2) is 9.50. The lowest BCUT2D eigenvalue weighted by atomic mass is 10.0. The van der Waals surface area contributed by atoms with Crippen LogP contribution < -0.4 is 5.73 Å². The third-order valence-electron chi connectivity index (χ3n) is 4.89. The van der Waals surface area contributed by atoms with E-state index in [1.165, 1.54) is 0 Å². The van der Waals surface area contributed by atoms with Gasteiger partial charge in [0, 0.05) is 50.0 Å². The summed E-state index contributed by atoms with van der Waals surface area (Å²) < 4.78 is 7.54. The lowest BCUT2D eigenvalue weighted by Gasteiger charge is -2.32. The average Bonchev–Trinajstić information content (AvgIpc) is 3.19. The highest BCUT2D eigenvalue weighted by atomic mass is 16.5. The van der Waals surface area contributed by atoms with Gasteiger partial charge in [0.05, 0.1) is 12.3 Å². The summed E-state index contributed by atoms with van der Waals surface area (Å²) in [6.07, 6.45) is 6.93. The van der Waals surface area contributed by atoms with Crippen LogP contribution in [0.4, 0.5) is 0 Å². The molecule has 7 heteroatoms. The number of aryl methyl sites for hydroxylation is 1. The molecule has 1 atom stereocenters. The standard InChI is InChI=1S/C21H28N4O3/c1-2-11-28-19-7-4-9-24(15-19)21(27)17-6-3-5-16(12-17)18-13-23-25(14-18)10-8-20(22)26/h3,5-6,12-14,19H,2,4,7-11,15H2,1H3,(H2,22,26). The maximum absolute atomic E-state index is 13.0. The van der Waals surface area contributed by atoms with Crippen molar-refractivity contribution >= 4 is 11.8 Å². The molecule has 0 spiro atoms. The van der Waals surface area contributed by atoms with Gasteiger partial charge in [0.2, 0.25) is 5.91 Å². The summed E-state index contributed by atoms with van der Waals surface area (Å²) in [5, 5.41) is 4.26. The Morgan fingerprint density at radius 3 is 2.96 bits per heavy atom. The van der Waals surface area contributed by atoms with Crippen LogP contribution in [-0.4, -0.2) is 52.3 Å². The molecule has 7 nitrogen and oxygen atoms in total. The summed E-state index contributed by atoms with van der Waals surface area (Å²) in [6.45, 7) is 4.68. The Balaban J connectivity index is 1.68. The number of nitrogens with zero attached hydrogens (tertiary/aromatic N) is 3. The number of hydrogen-bond acceptors (Lipinski definition) is 4. The molecule has 1 saturated heterocycles. The molecule has 150 valence electrons. The van der Waals surface area contributed by atoms with E-state index in [0.29, 0.717) is 18.7 Å². The van der Waals surface area contributed by atoms with Crippen LogP contribution in [0.5, 0.6) is 0 Å². The summed E-state index contributed by atoms with van der Waals surface area (Å²) in [4.78, 5) is 25.8. The highest BCUT2D eigenvalue weighted by Gasteiger charge is 2.25. The van der Waals surface area contributed by atoms with Crippen LogP contribution in [-0.2, 0) is 16.1 Å². The number of amides is 2. The number of piperidine rings is 1. The number of likely N-dealkylation sites (tertiary alicyclic amines) is 1. The zero-order valence-corrected chi connectivity index (χ0v) is 16.3. The SMILES string of the molecule is CCCOC1CCCN(C(=O)c2cccc(-c3cnn(CCC(N)=O)c3)c2)C1.